The molecule has 126 valence electrons. The Bertz CT molecular complexity index is 551. The first-order chi connectivity index (χ1) is 10.9. The summed E-state index contributed by atoms with van der Waals surface area (Å²) < 4.78 is 36.5. The van der Waals surface area contributed by atoms with E-state index in [1.807, 2.05) is 5.32 Å². The first-order valence-corrected chi connectivity index (χ1v) is 7.15. The van der Waals surface area contributed by atoms with Gasteiger partial charge in [-0.2, -0.15) is 13.2 Å². The predicted molar refractivity (Wildman–Crippen MR) is 75.3 cm³/mol. The van der Waals surface area contributed by atoms with Crippen molar-refractivity contribution in [1.29, 1.82) is 0 Å². The number of likely N-dealkylation sites (tertiary alicyclic amines) is 1. The van der Waals surface area contributed by atoms with Gasteiger partial charge in [0.15, 0.2) is 0 Å². The van der Waals surface area contributed by atoms with Gasteiger partial charge in [0.1, 0.15) is 12.6 Å². The lowest BCUT2D eigenvalue weighted by Gasteiger charge is -2.24. The van der Waals surface area contributed by atoms with E-state index in [9.17, 15) is 22.8 Å². The Hall–Kier alpha value is -2.32. The summed E-state index contributed by atoms with van der Waals surface area (Å²) in [5, 5.41) is 4.45. The van der Waals surface area contributed by atoms with E-state index >= 15 is 0 Å². The summed E-state index contributed by atoms with van der Waals surface area (Å²) in [5.74, 6) is -0.784. The zero-order valence-corrected chi connectivity index (χ0v) is 12.3. The number of halogens is 3. The Morgan fingerprint density at radius 1 is 1.30 bits per heavy atom. The average molecular weight is 330 g/mol. The third kappa shape index (κ3) is 5.11. The first kappa shape index (κ1) is 17.0. The second kappa shape index (κ2) is 7.30. The number of hydrogen-bond donors (Lipinski definition) is 2. The molecule has 0 aliphatic carbocycles. The molecular weight excluding hydrogens is 313 g/mol. The van der Waals surface area contributed by atoms with Crippen molar-refractivity contribution in [3.05, 3.63) is 30.1 Å². The van der Waals surface area contributed by atoms with Gasteiger partial charge in [-0.15, -0.1) is 0 Å². The lowest BCUT2D eigenvalue weighted by atomic mass is 10.2. The minimum atomic E-state index is -4.47. The van der Waals surface area contributed by atoms with Crippen LogP contribution in [0.15, 0.2) is 24.4 Å². The lowest BCUT2D eigenvalue weighted by Crippen LogP contribution is -2.50. The Morgan fingerprint density at radius 2 is 2.09 bits per heavy atom. The van der Waals surface area contributed by atoms with Gasteiger partial charge in [0.05, 0.1) is 12.2 Å². The van der Waals surface area contributed by atoms with Gasteiger partial charge in [-0.1, -0.05) is 6.07 Å². The SMILES string of the molecule is O=C(NCC(F)(F)F)[C@@H]1CCCN1C(=O)NCc1ccccn1. The van der Waals surface area contributed by atoms with E-state index in [0.29, 0.717) is 25.1 Å². The molecule has 1 aromatic heterocycles. The normalized spacial score (nSPS) is 17.9. The zero-order valence-electron chi connectivity index (χ0n) is 12.3. The molecular formula is C14H17F3N4O2. The fourth-order valence-corrected chi connectivity index (χ4v) is 2.36. The summed E-state index contributed by atoms with van der Waals surface area (Å²) in [5.41, 5.74) is 0.651. The fourth-order valence-electron chi connectivity index (χ4n) is 2.36. The van der Waals surface area contributed by atoms with Crippen LogP contribution in [0.5, 0.6) is 0 Å². The molecule has 6 nitrogen and oxygen atoms in total. The van der Waals surface area contributed by atoms with Crippen LogP contribution in [0.25, 0.3) is 0 Å². The van der Waals surface area contributed by atoms with Gasteiger partial charge in [0.25, 0.3) is 0 Å². The third-order valence-corrected chi connectivity index (χ3v) is 3.43. The van der Waals surface area contributed by atoms with Crippen molar-refractivity contribution in [2.24, 2.45) is 0 Å². The highest BCUT2D eigenvalue weighted by molar-refractivity contribution is 5.87. The second-order valence-corrected chi connectivity index (χ2v) is 5.16. The molecule has 2 N–H and O–H groups in total. The maximum atomic E-state index is 12.2. The van der Waals surface area contributed by atoms with Crippen LogP contribution in [0.2, 0.25) is 0 Å². The van der Waals surface area contributed by atoms with Crippen LogP contribution >= 0.6 is 0 Å². The Balaban J connectivity index is 1.87. The molecule has 1 aromatic rings. The molecule has 9 heteroatoms. The molecule has 1 aliphatic rings. The van der Waals surface area contributed by atoms with E-state index in [0.717, 1.165) is 0 Å². The van der Waals surface area contributed by atoms with E-state index in [1.54, 1.807) is 24.4 Å². The van der Waals surface area contributed by atoms with Crippen LogP contribution in [0.4, 0.5) is 18.0 Å². The number of carbonyl (C=O) groups is 2. The molecule has 2 heterocycles. The summed E-state index contributed by atoms with van der Waals surface area (Å²) in [7, 11) is 0. The highest BCUT2D eigenvalue weighted by atomic mass is 19.4. The van der Waals surface area contributed by atoms with Crippen LogP contribution in [0, 0.1) is 0 Å². The fraction of sp³-hybridized carbons (Fsp3) is 0.500. The van der Waals surface area contributed by atoms with Crippen LogP contribution < -0.4 is 10.6 Å². The lowest BCUT2D eigenvalue weighted by molar-refractivity contribution is -0.140. The van der Waals surface area contributed by atoms with Crippen molar-refractivity contribution in [2.75, 3.05) is 13.1 Å². The minimum absolute atomic E-state index is 0.188. The van der Waals surface area contributed by atoms with Gasteiger partial charge in [-0.3, -0.25) is 9.78 Å². The van der Waals surface area contributed by atoms with E-state index < -0.39 is 30.7 Å². The van der Waals surface area contributed by atoms with E-state index in [2.05, 4.69) is 10.3 Å². The number of aromatic nitrogens is 1. The van der Waals surface area contributed by atoms with Gasteiger partial charge in [0, 0.05) is 12.7 Å². The summed E-state index contributed by atoms with van der Waals surface area (Å²) in [6.07, 6.45) is -1.97. The van der Waals surface area contributed by atoms with E-state index in [-0.39, 0.29) is 6.54 Å². The van der Waals surface area contributed by atoms with Crippen LogP contribution in [0.3, 0.4) is 0 Å². The highest BCUT2D eigenvalue weighted by Crippen LogP contribution is 2.18. The standard InChI is InChI=1S/C14H17F3N4O2/c15-14(16,17)9-20-12(22)11-5-3-7-21(11)13(23)19-8-10-4-1-2-6-18-10/h1-2,4,6,11H,3,5,7-9H2,(H,19,23)(H,20,22)/t11-/m0/s1. The van der Waals surface area contributed by atoms with Crippen LogP contribution in [-0.4, -0.2) is 47.1 Å². The molecule has 2 rings (SSSR count). The molecule has 23 heavy (non-hydrogen) atoms. The number of rotatable bonds is 4. The van der Waals surface area contributed by atoms with E-state index in [1.165, 1.54) is 4.90 Å². The molecule has 0 unspecified atom stereocenters. The number of hydrogen-bond acceptors (Lipinski definition) is 3. The molecule has 1 atom stereocenters. The molecule has 1 fully saturated rings. The summed E-state index contributed by atoms with van der Waals surface area (Å²) in [6, 6.07) is 3.89. The van der Waals surface area contributed by atoms with Crippen molar-refractivity contribution < 1.29 is 22.8 Å². The van der Waals surface area contributed by atoms with Crippen molar-refractivity contribution in [3.63, 3.8) is 0 Å². The number of urea groups is 1. The third-order valence-electron chi connectivity index (χ3n) is 3.43. The van der Waals surface area contributed by atoms with Crippen LogP contribution in [-0.2, 0) is 11.3 Å². The molecule has 0 bridgehead atoms. The molecule has 1 aliphatic heterocycles. The van der Waals surface area contributed by atoms with Gasteiger partial charge in [-0.25, -0.2) is 4.79 Å². The zero-order chi connectivity index (χ0) is 16.9. The van der Waals surface area contributed by atoms with Gasteiger partial charge >= 0.3 is 12.2 Å². The smallest absolute Gasteiger partial charge is 0.345 e. The first-order valence-electron chi connectivity index (χ1n) is 7.15. The molecule has 0 saturated carbocycles. The maximum Gasteiger partial charge on any atom is 0.405 e. The Labute approximate surface area is 131 Å². The van der Waals surface area contributed by atoms with Gasteiger partial charge < -0.3 is 15.5 Å². The minimum Gasteiger partial charge on any atom is -0.345 e. The summed E-state index contributed by atoms with van der Waals surface area (Å²) >= 11 is 0. The van der Waals surface area contributed by atoms with Crippen molar-refractivity contribution in [1.82, 2.24) is 20.5 Å². The van der Waals surface area contributed by atoms with Crippen molar-refractivity contribution in [3.8, 4) is 0 Å². The average Bonchev–Trinajstić information content (AvgIpc) is 3.00. The summed E-state index contributed by atoms with van der Waals surface area (Å²) in [6.45, 7) is -0.878. The number of carbonyl (C=O) groups excluding carboxylic acids is 2. The molecule has 0 radical (unpaired) electrons. The van der Waals surface area contributed by atoms with Crippen molar-refractivity contribution in [2.45, 2.75) is 31.6 Å². The summed E-state index contributed by atoms with van der Waals surface area (Å²) in [4.78, 5) is 29.3. The largest absolute Gasteiger partial charge is 0.405 e. The highest BCUT2D eigenvalue weighted by Gasteiger charge is 2.36. The van der Waals surface area contributed by atoms with E-state index in [4.69, 9.17) is 0 Å². The number of nitrogens with one attached hydrogen (secondary N) is 2. The molecule has 0 aromatic carbocycles. The quantitative estimate of drug-likeness (QED) is 0.877. The molecule has 3 amide bonds. The number of pyridine rings is 1. The molecule has 1 saturated heterocycles. The monoisotopic (exact) mass is 330 g/mol. The van der Waals surface area contributed by atoms with Crippen molar-refractivity contribution >= 4 is 11.9 Å². The predicted octanol–water partition coefficient (Wildman–Crippen LogP) is 1.43. The van der Waals surface area contributed by atoms with Gasteiger partial charge in [-0.05, 0) is 25.0 Å². The number of nitrogens with zero attached hydrogens (tertiary/aromatic N) is 2. The number of alkyl halides is 3. The Kier molecular flexibility index (Phi) is 5.41. The topological polar surface area (TPSA) is 74.3 Å². The van der Waals surface area contributed by atoms with Crippen LogP contribution in [0.1, 0.15) is 18.5 Å². The Morgan fingerprint density at radius 3 is 2.74 bits per heavy atom. The molecule has 0 spiro atoms. The number of amides is 3. The van der Waals surface area contributed by atoms with Gasteiger partial charge in [0.2, 0.25) is 5.91 Å². The second-order valence-electron chi connectivity index (χ2n) is 5.16. The maximum absolute atomic E-state index is 12.2.